The maximum absolute atomic E-state index is 16.8. The first-order valence-electron chi connectivity index (χ1n) is 15.8. The van der Waals surface area contributed by atoms with Crippen LogP contribution in [0.4, 0.5) is 14.6 Å². The minimum absolute atomic E-state index is 0.156. The van der Waals surface area contributed by atoms with Gasteiger partial charge in [-0.15, -0.1) is 0 Å². The summed E-state index contributed by atoms with van der Waals surface area (Å²) in [6, 6.07) is 8.30. The molecule has 6 atom stereocenters. The number of phenolic OH excluding ortho intramolecular Hbond substituents is 1. The fourth-order valence-electron chi connectivity index (χ4n) is 9.08. The zero-order valence-corrected chi connectivity index (χ0v) is 23.8. The summed E-state index contributed by atoms with van der Waals surface area (Å²) in [7, 11) is 0. The molecule has 42 heavy (non-hydrogen) atoms. The number of aromatic hydroxyl groups is 1. The lowest BCUT2D eigenvalue weighted by Crippen LogP contribution is -2.51. The summed E-state index contributed by atoms with van der Waals surface area (Å²) in [5, 5.41) is 15.0. The molecule has 2 aromatic carbocycles. The number of nitrogens with one attached hydrogen (secondary N) is 1. The van der Waals surface area contributed by atoms with Crippen LogP contribution in [-0.2, 0) is 6.42 Å². The zero-order valence-electron chi connectivity index (χ0n) is 23.8. The lowest BCUT2D eigenvalue weighted by atomic mass is 9.85. The van der Waals surface area contributed by atoms with E-state index in [9.17, 15) is 9.50 Å². The molecule has 1 aromatic heterocycles. The van der Waals surface area contributed by atoms with Gasteiger partial charge in [0, 0.05) is 49.1 Å². The third-order valence-corrected chi connectivity index (χ3v) is 11.1. The first kappa shape index (κ1) is 25.5. The molecule has 3 aromatic rings. The number of aryl methyl sites for hydroxylation is 1. The normalized spacial score (nSPS) is 33.1. The first-order valence-corrected chi connectivity index (χ1v) is 15.8. The summed E-state index contributed by atoms with van der Waals surface area (Å²) in [5.41, 5.74) is 3.47. The van der Waals surface area contributed by atoms with Gasteiger partial charge in [0.25, 0.3) is 0 Å². The van der Waals surface area contributed by atoms with Crippen molar-refractivity contribution in [3.05, 3.63) is 41.2 Å². The van der Waals surface area contributed by atoms with Crippen LogP contribution in [0.15, 0.2) is 24.3 Å². The number of nitrogens with zero attached hydrogens (tertiary/aromatic N) is 4. The van der Waals surface area contributed by atoms with Crippen LogP contribution in [0, 0.1) is 11.7 Å². The monoisotopic (exact) mass is 573 g/mol. The number of alkyl halides is 1. The maximum Gasteiger partial charge on any atom is 0.319 e. The Labute approximate surface area is 244 Å². The second-order valence-corrected chi connectivity index (χ2v) is 13.8. The van der Waals surface area contributed by atoms with Crippen molar-refractivity contribution in [2.45, 2.75) is 81.1 Å². The third kappa shape index (κ3) is 3.95. The van der Waals surface area contributed by atoms with Gasteiger partial charge in [-0.25, -0.2) is 8.78 Å². The Morgan fingerprint density at radius 2 is 1.93 bits per heavy atom. The Bertz CT molecular complexity index is 1590. The lowest BCUT2D eigenvalue weighted by Gasteiger charge is -2.34. The summed E-state index contributed by atoms with van der Waals surface area (Å²) in [6.07, 6.45) is 6.95. The molecule has 9 rings (SSSR count). The standard InChI is InChI=1S/C33H37F2N5O2/c34-20-13-33(8-1-9-40(33)14-20)17-42-32-37-30-25(31(38-32)39-15-21-4-5-22(16-39)36-21)7-6-24(29(30)35)27-12-23(41)10-19-3-2-18-11-26(18)28(19)27/h6-7,10,12,18,20-22,26,36,41H,1-5,8-9,11,13-17H2/t18?,20-,21-,22+,26?,33+/m1/s1. The van der Waals surface area contributed by atoms with E-state index in [4.69, 9.17) is 14.7 Å². The molecule has 9 heteroatoms. The number of benzene rings is 2. The number of hydrogen-bond donors (Lipinski definition) is 2. The SMILES string of the molecule is Oc1cc2c(c(-c3ccc4c(N5C[C@H]6CC[C@@H](C5)N6)nc(OC[C@@]56CCCN5C[C@H](F)C6)nc4c3F)c1)C1CC1CC2. The van der Waals surface area contributed by atoms with Gasteiger partial charge >= 0.3 is 6.01 Å². The van der Waals surface area contributed by atoms with Gasteiger partial charge < -0.3 is 20.1 Å². The molecule has 4 aliphatic heterocycles. The number of hydrogen-bond acceptors (Lipinski definition) is 7. The molecule has 5 fully saturated rings. The number of halogens is 2. The van der Waals surface area contributed by atoms with Crippen LogP contribution in [0.5, 0.6) is 11.8 Å². The molecule has 5 heterocycles. The molecular weight excluding hydrogens is 536 g/mol. The number of fused-ring (bicyclic) bond motifs is 7. The average molecular weight is 574 g/mol. The number of aromatic nitrogens is 2. The molecule has 7 nitrogen and oxygen atoms in total. The van der Waals surface area contributed by atoms with E-state index in [0.29, 0.717) is 60.3 Å². The van der Waals surface area contributed by atoms with E-state index in [2.05, 4.69) is 15.1 Å². The molecule has 1 saturated carbocycles. The van der Waals surface area contributed by atoms with E-state index in [-0.39, 0.29) is 22.8 Å². The molecule has 2 aliphatic carbocycles. The highest BCUT2D eigenvalue weighted by Crippen LogP contribution is 2.57. The molecule has 0 radical (unpaired) electrons. The van der Waals surface area contributed by atoms with E-state index >= 15 is 4.39 Å². The Kier molecular flexibility index (Phi) is 5.59. The van der Waals surface area contributed by atoms with Crippen molar-refractivity contribution in [1.82, 2.24) is 20.2 Å². The van der Waals surface area contributed by atoms with Crippen molar-refractivity contribution in [1.29, 1.82) is 0 Å². The van der Waals surface area contributed by atoms with Gasteiger partial charge in [-0.1, -0.05) is 6.07 Å². The summed E-state index contributed by atoms with van der Waals surface area (Å²) in [6.45, 7) is 3.23. The fourth-order valence-corrected chi connectivity index (χ4v) is 9.08. The van der Waals surface area contributed by atoms with Crippen molar-refractivity contribution < 1.29 is 18.6 Å². The van der Waals surface area contributed by atoms with E-state index in [1.165, 1.54) is 5.56 Å². The van der Waals surface area contributed by atoms with Crippen LogP contribution in [0.1, 0.15) is 62.0 Å². The molecule has 6 aliphatic rings. The van der Waals surface area contributed by atoms with E-state index < -0.39 is 12.0 Å². The van der Waals surface area contributed by atoms with E-state index in [0.717, 1.165) is 75.7 Å². The Hall–Kier alpha value is -3.04. The Morgan fingerprint density at radius 1 is 1.07 bits per heavy atom. The fraction of sp³-hybridized carbons (Fsp3) is 0.576. The third-order valence-electron chi connectivity index (χ3n) is 11.1. The van der Waals surface area contributed by atoms with Gasteiger partial charge in [0.2, 0.25) is 0 Å². The van der Waals surface area contributed by atoms with Crippen LogP contribution < -0.4 is 15.0 Å². The van der Waals surface area contributed by atoms with Crippen LogP contribution in [0.3, 0.4) is 0 Å². The van der Waals surface area contributed by atoms with Crippen LogP contribution >= 0.6 is 0 Å². The smallest absolute Gasteiger partial charge is 0.319 e. The first-order chi connectivity index (χ1) is 20.4. The van der Waals surface area contributed by atoms with Gasteiger partial charge in [-0.3, -0.25) is 4.90 Å². The number of anilines is 1. The molecule has 2 N–H and O–H groups in total. The topological polar surface area (TPSA) is 73.8 Å². The van der Waals surface area contributed by atoms with Crippen LogP contribution in [0.25, 0.3) is 22.0 Å². The van der Waals surface area contributed by atoms with Crippen molar-refractivity contribution in [2.75, 3.05) is 37.7 Å². The highest BCUT2D eigenvalue weighted by atomic mass is 19.1. The molecule has 4 saturated heterocycles. The van der Waals surface area contributed by atoms with Crippen LogP contribution in [-0.4, -0.2) is 76.6 Å². The quantitative estimate of drug-likeness (QED) is 0.441. The molecular formula is C33H37F2N5O2. The number of piperazine rings is 1. The van der Waals surface area contributed by atoms with Gasteiger partial charge in [0.05, 0.1) is 5.54 Å². The maximum atomic E-state index is 16.8. The predicted octanol–water partition coefficient (Wildman–Crippen LogP) is 5.09. The van der Waals surface area contributed by atoms with Crippen molar-refractivity contribution in [2.24, 2.45) is 5.92 Å². The molecule has 2 unspecified atom stereocenters. The second kappa shape index (κ2) is 9.23. The van der Waals surface area contributed by atoms with E-state index in [1.807, 2.05) is 18.2 Å². The Morgan fingerprint density at radius 3 is 2.79 bits per heavy atom. The molecule has 0 spiro atoms. The van der Waals surface area contributed by atoms with Crippen molar-refractivity contribution in [3.8, 4) is 22.9 Å². The minimum atomic E-state index is -0.849. The van der Waals surface area contributed by atoms with Crippen molar-refractivity contribution >= 4 is 16.7 Å². The average Bonchev–Trinajstić information content (AvgIpc) is 3.43. The predicted molar refractivity (Wildman–Crippen MR) is 156 cm³/mol. The highest BCUT2D eigenvalue weighted by Gasteiger charge is 2.49. The number of phenols is 1. The minimum Gasteiger partial charge on any atom is -0.508 e. The largest absolute Gasteiger partial charge is 0.508 e. The number of ether oxygens (including phenoxy) is 1. The highest BCUT2D eigenvalue weighted by molar-refractivity contribution is 5.94. The van der Waals surface area contributed by atoms with Gasteiger partial charge in [-0.05, 0) is 98.2 Å². The second-order valence-electron chi connectivity index (χ2n) is 13.8. The molecule has 2 bridgehead atoms. The molecule has 220 valence electrons. The van der Waals surface area contributed by atoms with Crippen molar-refractivity contribution in [3.63, 3.8) is 0 Å². The van der Waals surface area contributed by atoms with Gasteiger partial charge in [0.1, 0.15) is 29.9 Å². The summed E-state index contributed by atoms with van der Waals surface area (Å²) in [4.78, 5) is 14.1. The molecule has 0 amide bonds. The number of rotatable bonds is 5. The van der Waals surface area contributed by atoms with Gasteiger partial charge in [-0.2, -0.15) is 9.97 Å². The lowest BCUT2D eigenvalue weighted by molar-refractivity contribution is 0.107. The van der Waals surface area contributed by atoms with E-state index in [1.54, 1.807) is 6.07 Å². The summed E-state index contributed by atoms with van der Waals surface area (Å²) in [5.74, 6) is 1.58. The summed E-state index contributed by atoms with van der Waals surface area (Å²) < 4.78 is 37.5. The van der Waals surface area contributed by atoms with Crippen LogP contribution in [0.2, 0.25) is 0 Å². The summed E-state index contributed by atoms with van der Waals surface area (Å²) >= 11 is 0. The van der Waals surface area contributed by atoms with Gasteiger partial charge in [0.15, 0.2) is 5.82 Å². The zero-order chi connectivity index (χ0) is 28.2. The Balaban J connectivity index is 1.15.